The summed E-state index contributed by atoms with van der Waals surface area (Å²) >= 11 is 0. The molecule has 2 amide bonds. The SMILES string of the molecule is COc1ccc([C@H](NC(=O)N2CC=C(c3c[nH]c4ccccc34)CC2)C(C)C)cc1OC. The average Bonchev–Trinajstić information content (AvgIpc) is 3.26. The van der Waals surface area contributed by atoms with Gasteiger partial charge >= 0.3 is 6.03 Å². The van der Waals surface area contributed by atoms with Gasteiger partial charge in [-0.1, -0.05) is 44.2 Å². The number of carbonyl (C=O) groups excluding carboxylic acids is 1. The summed E-state index contributed by atoms with van der Waals surface area (Å²) in [5, 5.41) is 4.45. The van der Waals surface area contributed by atoms with Crippen molar-refractivity contribution in [2.45, 2.75) is 26.3 Å². The molecule has 0 saturated carbocycles. The summed E-state index contributed by atoms with van der Waals surface area (Å²) in [5.74, 6) is 1.56. The van der Waals surface area contributed by atoms with E-state index < -0.39 is 0 Å². The third-order valence-corrected chi connectivity index (χ3v) is 6.14. The van der Waals surface area contributed by atoms with E-state index >= 15 is 0 Å². The van der Waals surface area contributed by atoms with Crippen molar-refractivity contribution in [2.24, 2.45) is 5.92 Å². The Morgan fingerprint density at radius 2 is 1.88 bits per heavy atom. The van der Waals surface area contributed by atoms with Crippen molar-refractivity contribution in [1.82, 2.24) is 15.2 Å². The van der Waals surface area contributed by atoms with Gasteiger partial charge in [-0.2, -0.15) is 0 Å². The number of H-pyrrole nitrogens is 1. The molecule has 4 rings (SSSR count). The van der Waals surface area contributed by atoms with Crippen LogP contribution in [0, 0.1) is 5.92 Å². The third-order valence-electron chi connectivity index (χ3n) is 6.14. The quantitative estimate of drug-likeness (QED) is 0.548. The predicted octanol–water partition coefficient (Wildman–Crippen LogP) is 5.38. The highest BCUT2D eigenvalue weighted by molar-refractivity contribution is 5.93. The number of rotatable bonds is 6. The molecule has 0 radical (unpaired) electrons. The van der Waals surface area contributed by atoms with Gasteiger partial charge in [-0.25, -0.2) is 4.79 Å². The lowest BCUT2D eigenvalue weighted by molar-refractivity contribution is 0.195. The van der Waals surface area contributed by atoms with E-state index in [1.165, 1.54) is 16.5 Å². The fraction of sp³-hybridized carbons (Fsp3) is 0.346. The number of ether oxygens (including phenoxy) is 2. The second-order valence-corrected chi connectivity index (χ2v) is 8.46. The minimum Gasteiger partial charge on any atom is -0.493 e. The third kappa shape index (κ3) is 4.31. The number of nitrogens with one attached hydrogen (secondary N) is 2. The molecule has 0 unspecified atom stereocenters. The van der Waals surface area contributed by atoms with E-state index in [1.54, 1.807) is 14.2 Å². The molecular formula is C26H31N3O3. The van der Waals surface area contributed by atoms with Crippen molar-refractivity contribution < 1.29 is 14.3 Å². The van der Waals surface area contributed by atoms with Crippen molar-refractivity contribution in [2.75, 3.05) is 27.3 Å². The number of benzene rings is 2. The Bertz CT molecular complexity index is 1130. The first-order valence-electron chi connectivity index (χ1n) is 11.0. The zero-order chi connectivity index (χ0) is 22.7. The molecule has 6 nitrogen and oxygen atoms in total. The number of methoxy groups -OCH3 is 2. The van der Waals surface area contributed by atoms with E-state index in [0.717, 1.165) is 17.5 Å². The molecule has 6 heteroatoms. The van der Waals surface area contributed by atoms with E-state index in [1.807, 2.05) is 29.2 Å². The molecule has 32 heavy (non-hydrogen) atoms. The first-order valence-corrected chi connectivity index (χ1v) is 11.0. The Labute approximate surface area is 189 Å². The summed E-state index contributed by atoms with van der Waals surface area (Å²) in [4.78, 5) is 18.3. The molecule has 2 aromatic carbocycles. The second-order valence-electron chi connectivity index (χ2n) is 8.46. The van der Waals surface area contributed by atoms with Crippen molar-refractivity contribution in [3.05, 3.63) is 65.9 Å². The van der Waals surface area contributed by atoms with E-state index in [0.29, 0.717) is 24.6 Å². The minimum atomic E-state index is -0.124. The molecule has 0 saturated heterocycles. The van der Waals surface area contributed by atoms with Crippen molar-refractivity contribution in [1.29, 1.82) is 0 Å². The zero-order valence-corrected chi connectivity index (χ0v) is 19.1. The second kappa shape index (κ2) is 9.39. The number of amides is 2. The van der Waals surface area contributed by atoms with E-state index in [2.05, 4.69) is 54.6 Å². The predicted molar refractivity (Wildman–Crippen MR) is 128 cm³/mol. The lowest BCUT2D eigenvalue weighted by Crippen LogP contribution is -2.44. The molecule has 2 N–H and O–H groups in total. The van der Waals surface area contributed by atoms with Crippen molar-refractivity contribution in [3.8, 4) is 11.5 Å². The van der Waals surface area contributed by atoms with Crippen LogP contribution in [0.15, 0.2) is 54.7 Å². The highest BCUT2D eigenvalue weighted by Crippen LogP contribution is 2.33. The first-order chi connectivity index (χ1) is 15.5. The summed E-state index contributed by atoms with van der Waals surface area (Å²) < 4.78 is 10.8. The molecule has 0 fully saturated rings. The van der Waals surface area contributed by atoms with Crippen LogP contribution in [0.25, 0.3) is 16.5 Å². The highest BCUT2D eigenvalue weighted by atomic mass is 16.5. The van der Waals surface area contributed by atoms with Gasteiger partial charge in [0.05, 0.1) is 20.3 Å². The van der Waals surface area contributed by atoms with Crippen molar-refractivity contribution >= 4 is 22.5 Å². The van der Waals surface area contributed by atoms with Gasteiger partial charge in [0.25, 0.3) is 0 Å². The molecule has 1 aliphatic heterocycles. The molecule has 3 aromatic rings. The van der Waals surface area contributed by atoms with Gasteiger partial charge < -0.3 is 24.7 Å². The van der Waals surface area contributed by atoms with Crippen LogP contribution in [-0.2, 0) is 0 Å². The number of nitrogens with zero attached hydrogens (tertiary/aromatic N) is 1. The van der Waals surface area contributed by atoms with Gasteiger partial charge in [-0.3, -0.25) is 0 Å². The Morgan fingerprint density at radius 1 is 1.09 bits per heavy atom. The van der Waals surface area contributed by atoms with Gasteiger partial charge in [0.15, 0.2) is 11.5 Å². The molecule has 0 bridgehead atoms. The number of hydrogen-bond donors (Lipinski definition) is 2. The smallest absolute Gasteiger partial charge is 0.318 e. The summed E-state index contributed by atoms with van der Waals surface area (Å²) in [6.45, 7) is 5.49. The van der Waals surface area contributed by atoms with E-state index in [4.69, 9.17) is 9.47 Å². The number of hydrogen-bond acceptors (Lipinski definition) is 3. The molecule has 1 atom stereocenters. The normalized spacial score (nSPS) is 14.9. The van der Waals surface area contributed by atoms with Crippen LogP contribution in [0.5, 0.6) is 11.5 Å². The fourth-order valence-electron chi connectivity index (χ4n) is 4.34. The highest BCUT2D eigenvalue weighted by Gasteiger charge is 2.25. The number of aromatic amines is 1. The van der Waals surface area contributed by atoms with Crippen LogP contribution in [0.2, 0.25) is 0 Å². The summed E-state index contributed by atoms with van der Waals surface area (Å²) in [6, 6.07) is 13.9. The van der Waals surface area contributed by atoms with Gasteiger partial charge in [0.2, 0.25) is 0 Å². The lowest BCUT2D eigenvalue weighted by Gasteiger charge is -2.31. The van der Waals surface area contributed by atoms with Crippen LogP contribution in [0.3, 0.4) is 0 Å². The minimum absolute atomic E-state index is 0.0484. The Morgan fingerprint density at radius 3 is 2.56 bits per heavy atom. The van der Waals surface area contributed by atoms with Gasteiger partial charge in [0.1, 0.15) is 0 Å². The molecular weight excluding hydrogens is 402 g/mol. The Kier molecular flexibility index (Phi) is 6.40. The number of carbonyl (C=O) groups is 1. The Hall–Kier alpha value is -3.41. The summed E-state index contributed by atoms with van der Waals surface area (Å²) in [5.41, 5.74) is 4.65. The molecule has 1 aliphatic rings. The number of urea groups is 1. The zero-order valence-electron chi connectivity index (χ0n) is 19.1. The lowest BCUT2D eigenvalue weighted by atomic mass is 9.95. The van der Waals surface area contributed by atoms with Gasteiger partial charge in [0, 0.05) is 35.8 Å². The molecule has 168 valence electrons. The van der Waals surface area contributed by atoms with Crippen LogP contribution in [0.1, 0.15) is 37.4 Å². The topological polar surface area (TPSA) is 66.6 Å². The van der Waals surface area contributed by atoms with E-state index in [9.17, 15) is 4.79 Å². The maximum Gasteiger partial charge on any atom is 0.318 e. The number of para-hydroxylation sites is 1. The van der Waals surface area contributed by atoms with Crippen molar-refractivity contribution in [3.63, 3.8) is 0 Å². The van der Waals surface area contributed by atoms with Crippen LogP contribution >= 0.6 is 0 Å². The first kappa shape index (κ1) is 21.8. The standard InChI is InChI=1S/C26H31N3O3/c1-17(2)25(19-9-10-23(31-3)24(15-19)32-4)28-26(30)29-13-11-18(12-14-29)21-16-27-22-8-6-5-7-20(21)22/h5-11,15-17,25,27H,12-14H2,1-4H3,(H,28,30)/t25-/m1/s1. The fourth-order valence-corrected chi connectivity index (χ4v) is 4.34. The maximum atomic E-state index is 13.1. The summed E-state index contributed by atoms with van der Waals surface area (Å²) in [6.07, 6.45) is 5.07. The summed E-state index contributed by atoms with van der Waals surface area (Å²) in [7, 11) is 3.24. The molecule has 0 spiro atoms. The number of fused-ring (bicyclic) bond motifs is 1. The monoisotopic (exact) mass is 433 g/mol. The van der Waals surface area contributed by atoms with Crippen LogP contribution < -0.4 is 14.8 Å². The molecule has 1 aromatic heterocycles. The Balaban J connectivity index is 1.47. The maximum absolute atomic E-state index is 13.1. The van der Waals surface area contributed by atoms with Crippen LogP contribution in [0.4, 0.5) is 4.79 Å². The molecule has 0 aliphatic carbocycles. The number of aromatic nitrogens is 1. The molecule has 2 heterocycles. The average molecular weight is 434 g/mol. The van der Waals surface area contributed by atoms with E-state index in [-0.39, 0.29) is 18.0 Å². The van der Waals surface area contributed by atoms with Gasteiger partial charge in [-0.15, -0.1) is 0 Å². The van der Waals surface area contributed by atoms with Crippen LogP contribution in [-0.4, -0.2) is 43.2 Å². The van der Waals surface area contributed by atoms with Gasteiger partial charge in [-0.05, 0) is 41.7 Å². The largest absolute Gasteiger partial charge is 0.493 e.